The van der Waals surface area contributed by atoms with E-state index in [-0.39, 0.29) is 11.7 Å². The molecular weight excluding hydrogens is 335 g/mol. The fourth-order valence-corrected chi connectivity index (χ4v) is 2.44. The monoisotopic (exact) mass is 346 g/mol. The Bertz CT molecular complexity index is 853. The molecule has 0 saturated carbocycles. The molecule has 0 unspecified atom stereocenters. The first-order valence-electron chi connectivity index (χ1n) is 6.67. The molecule has 4 N–H and O–H groups in total. The third kappa shape index (κ3) is 3.64. The molecule has 0 aliphatic carbocycles. The summed E-state index contributed by atoms with van der Waals surface area (Å²) in [6.45, 7) is 0. The molecule has 0 bridgehead atoms. The Labute approximate surface area is 142 Å². The minimum absolute atomic E-state index is 0.111. The van der Waals surface area contributed by atoms with Crippen molar-refractivity contribution in [3.8, 4) is 17.0 Å². The van der Waals surface area contributed by atoms with Crippen molar-refractivity contribution in [3.63, 3.8) is 0 Å². The van der Waals surface area contributed by atoms with E-state index >= 15 is 0 Å². The number of hydrogen-bond acceptors (Lipinski definition) is 5. The third-order valence-corrected chi connectivity index (χ3v) is 3.65. The van der Waals surface area contributed by atoms with Crippen LogP contribution < -0.4 is 11.1 Å². The lowest BCUT2D eigenvalue weighted by Crippen LogP contribution is -2.01. The van der Waals surface area contributed by atoms with Crippen molar-refractivity contribution in [3.05, 3.63) is 58.6 Å². The molecule has 0 aliphatic heterocycles. The van der Waals surface area contributed by atoms with Crippen LogP contribution >= 0.6 is 23.2 Å². The minimum Gasteiger partial charge on any atom is -0.508 e. The van der Waals surface area contributed by atoms with Crippen molar-refractivity contribution in [1.29, 1.82) is 0 Å². The van der Waals surface area contributed by atoms with Crippen LogP contribution in [0.25, 0.3) is 11.3 Å². The Morgan fingerprint density at radius 2 is 1.70 bits per heavy atom. The molecule has 1 heterocycles. The van der Waals surface area contributed by atoms with Crippen LogP contribution in [0.3, 0.4) is 0 Å². The highest BCUT2D eigenvalue weighted by Crippen LogP contribution is 2.31. The molecule has 0 spiro atoms. The van der Waals surface area contributed by atoms with Gasteiger partial charge in [0, 0.05) is 22.3 Å². The molecule has 0 amide bonds. The van der Waals surface area contributed by atoms with Crippen LogP contribution in [0, 0.1) is 0 Å². The highest BCUT2D eigenvalue weighted by atomic mass is 35.5. The number of nitrogens with one attached hydrogen (secondary N) is 1. The maximum Gasteiger partial charge on any atom is 0.222 e. The minimum atomic E-state index is 0.111. The van der Waals surface area contributed by atoms with Gasteiger partial charge in [0.25, 0.3) is 0 Å². The number of phenols is 1. The average molecular weight is 347 g/mol. The lowest BCUT2D eigenvalue weighted by Gasteiger charge is -2.10. The number of nitrogens with two attached hydrogens (primary N) is 1. The summed E-state index contributed by atoms with van der Waals surface area (Å²) < 4.78 is 0. The summed E-state index contributed by atoms with van der Waals surface area (Å²) >= 11 is 12.2. The largest absolute Gasteiger partial charge is 0.508 e. The van der Waals surface area contributed by atoms with Crippen molar-refractivity contribution < 1.29 is 5.11 Å². The molecule has 0 atom stereocenters. The summed E-state index contributed by atoms with van der Waals surface area (Å²) in [5.74, 6) is 0.804. The highest BCUT2D eigenvalue weighted by Gasteiger charge is 2.10. The van der Waals surface area contributed by atoms with Gasteiger partial charge in [0.05, 0.1) is 10.7 Å². The van der Waals surface area contributed by atoms with Gasteiger partial charge in [-0.2, -0.15) is 4.98 Å². The summed E-state index contributed by atoms with van der Waals surface area (Å²) in [7, 11) is 0. The van der Waals surface area contributed by atoms with E-state index in [1.54, 1.807) is 48.5 Å². The number of halogens is 2. The van der Waals surface area contributed by atoms with E-state index in [2.05, 4.69) is 15.3 Å². The van der Waals surface area contributed by atoms with Crippen molar-refractivity contribution in [1.82, 2.24) is 9.97 Å². The van der Waals surface area contributed by atoms with Crippen LogP contribution in [-0.2, 0) is 0 Å². The number of benzene rings is 2. The fourth-order valence-electron chi connectivity index (χ4n) is 2.05. The molecule has 0 fully saturated rings. The number of anilines is 3. The predicted octanol–water partition coefficient (Wildman–Crippen LogP) is 4.48. The first-order valence-corrected chi connectivity index (χ1v) is 7.43. The Balaban J connectivity index is 1.99. The van der Waals surface area contributed by atoms with Crippen molar-refractivity contribution in [2.45, 2.75) is 0 Å². The number of aromatic nitrogens is 2. The third-order valence-electron chi connectivity index (χ3n) is 3.09. The molecule has 3 rings (SSSR count). The van der Waals surface area contributed by atoms with Crippen LogP contribution in [0.15, 0.2) is 48.5 Å². The van der Waals surface area contributed by atoms with E-state index in [4.69, 9.17) is 28.9 Å². The second-order valence-corrected chi connectivity index (χ2v) is 5.64. The van der Waals surface area contributed by atoms with Crippen LogP contribution in [0.4, 0.5) is 17.5 Å². The van der Waals surface area contributed by atoms with Gasteiger partial charge in [-0.3, -0.25) is 0 Å². The molecule has 1 aromatic heterocycles. The summed E-state index contributed by atoms with van der Waals surface area (Å²) in [5, 5.41) is 13.5. The van der Waals surface area contributed by atoms with E-state index < -0.39 is 0 Å². The first-order chi connectivity index (χ1) is 11.0. The summed E-state index contributed by atoms with van der Waals surface area (Å²) in [6, 6.07) is 13.4. The van der Waals surface area contributed by atoms with Crippen molar-refractivity contribution >= 4 is 40.7 Å². The standard InChI is InChI=1S/C16H12Cl2N4O/c17-9-1-6-13(18)12(7-9)14-8-15(22-16(19)21-14)20-10-2-4-11(23)5-3-10/h1-8,23H,(H3,19,20,21,22). The lowest BCUT2D eigenvalue weighted by atomic mass is 10.1. The molecule has 7 heteroatoms. The molecule has 116 valence electrons. The summed E-state index contributed by atoms with van der Waals surface area (Å²) in [4.78, 5) is 8.35. The molecule has 0 aliphatic rings. The van der Waals surface area contributed by atoms with Gasteiger partial charge in [0.15, 0.2) is 0 Å². The maximum atomic E-state index is 9.32. The van der Waals surface area contributed by atoms with Gasteiger partial charge in [-0.05, 0) is 42.5 Å². The van der Waals surface area contributed by atoms with E-state index in [1.807, 2.05) is 0 Å². The van der Waals surface area contributed by atoms with Crippen molar-refractivity contribution in [2.24, 2.45) is 0 Å². The number of phenolic OH excluding ortho intramolecular Hbond substituents is 1. The van der Waals surface area contributed by atoms with Gasteiger partial charge >= 0.3 is 0 Å². The molecule has 3 aromatic rings. The molecule has 23 heavy (non-hydrogen) atoms. The molecular formula is C16H12Cl2N4O. The van der Waals surface area contributed by atoms with E-state index in [1.165, 1.54) is 0 Å². The number of rotatable bonds is 3. The van der Waals surface area contributed by atoms with Gasteiger partial charge in [0.1, 0.15) is 11.6 Å². The second-order valence-electron chi connectivity index (χ2n) is 4.79. The Morgan fingerprint density at radius 3 is 2.43 bits per heavy atom. The van der Waals surface area contributed by atoms with E-state index in [0.717, 1.165) is 5.69 Å². The van der Waals surface area contributed by atoms with Crippen LogP contribution in [-0.4, -0.2) is 15.1 Å². The van der Waals surface area contributed by atoms with Gasteiger partial charge < -0.3 is 16.2 Å². The van der Waals surface area contributed by atoms with E-state index in [9.17, 15) is 5.11 Å². The zero-order valence-electron chi connectivity index (χ0n) is 11.8. The number of hydrogen-bond donors (Lipinski definition) is 3. The van der Waals surface area contributed by atoms with Gasteiger partial charge in [-0.15, -0.1) is 0 Å². The molecule has 0 saturated heterocycles. The Morgan fingerprint density at radius 1 is 0.957 bits per heavy atom. The molecule has 0 radical (unpaired) electrons. The summed E-state index contributed by atoms with van der Waals surface area (Å²) in [5.41, 5.74) is 7.77. The molecule has 2 aromatic carbocycles. The normalized spacial score (nSPS) is 10.5. The topological polar surface area (TPSA) is 84.1 Å². The highest BCUT2D eigenvalue weighted by molar-refractivity contribution is 6.35. The van der Waals surface area contributed by atoms with Gasteiger partial charge in [0.2, 0.25) is 5.95 Å². The first kappa shape index (κ1) is 15.4. The van der Waals surface area contributed by atoms with Crippen LogP contribution in [0.2, 0.25) is 10.0 Å². The number of nitrogens with zero attached hydrogens (tertiary/aromatic N) is 2. The van der Waals surface area contributed by atoms with E-state index in [0.29, 0.717) is 27.1 Å². The SMILES string of the molecule is Nc1nc(Nc2ccc(O)cc2)cc(-c2cc(Cl)ccc2Cl)n1. The maximum absolute atomic E-state index is 9.32. The van der Waals surface area contributed by atoms with Gasteiger partial charge in [-0.1, -0.05) is 23.2 Å². The van der Waals surface area contributed by atoms with Crippen molar-refractivity contribution in [2.75, 3.05) is 11.1 Å². The average Bonchev–Trinajstić information content (AvgIpc) is 2.51. The fraction of sp³-hybridized carbons (Fsp3) is 0. The smallest absolute Gasteiger partial charge is 0.222 e. The zero-order chi connectivity index (χ0) is 16.4. The second kappa shape index (κ2) is 6.32. The van der Waals surface area contributed by atoms with Gasteiger partial charge in [-0.25, -0.2) is 4.98 Å². The Kier molecular flexibility index (Phi) is 4.23. The Hall–Kier alpha value is -2.50. The van der Waals surface area contributed by atoms with Crippen LogP contribution in [0.1, 0.15) is 0 Å². The summed E-state index contributed by atoms with van der Waals surface area (Å²) in [6.07, 6.45) is 0. The number of nitrogen functional groups attached to an aromatic ring is 1. The zero-order valence-corrected chi connectivity index (χ0v) is 13.3. The lowest BCUT2D eigenvalue weighted by molar-refractivity contribution is 0.475. The predicted molar refractivity (Wildman–Crippen MR) is 93.3 cm³/mol. The number of aromatic hydroxyl groups is 1. The van der Waals surface area contributed by atoms with Crippen LogP contribution in [0.5, 0.6) is 5.75 Å². The molecule has 5 nitrogen and oxygen atoms in total. The quantitative estimate of drug-likeness (QED) is 0.608.